The van der Waals surface area contributed by atoms with E-state index in [1.807, 2.05) is 35.2 Å². The van der Waals surface area contributed by atoms with Crippen molar-refractivity contribution in [1.82, 2.24) is 14.9 Å². The Morgan fingerprint density at radius 1 is 1.00 bits per heavy atom. The molecule has 2 N–H and O–H groups in total. The van der Waals surface area contributed by atoms with Gasteiger partial charge in [-0.15, -0.1) is 0 Å². The summed E-state index contributed by atoms with van der Waals surface area (Å²) in [7, 11) is 3.24. The van der Waals surface area contributed by atoms with E-state index in [4.69, 9.17) is 9.47 Å². The van der Waals surface area contributed by atoms with Crippen LogP contribution in [0.2, 0.25) is 0 Å². The Labute approximate surface area is 162 Å². The maximum absolute atomic E-state index is 13.2. The van der Waals surface area contributed by atoms with Crippen molar-refractivity contribution in [3.63, 3.8) is 0 Å². The van der Waals surface area contributed by atoms with Crippen molar-refractivity contribution in [1.29, 1.82) is 0 Å². The largest absolute Gasteiger partial charge is 0.496 e. The van der Waals surface area contributed by atoms with Gasteiger partial charge in [0.2, 0.25) is 0 Å². The Morgan fingerprint density at radius 3 is 2.61 bits per heavy atom. The Morgan fingerprint density at radius 2 is 1.79 bits per heavy atom. The molecular weight excluding hydrogens is 354 g/mol. The average molecular weight is 375 g/mol. The molecule has 6 heteroatoms. The highest BCUT2D eigenvalue weighted by molar-refractivity contribution is 6.01. The van der Waals surface area contributed by atoms with Crippen LogP contribution in [0.15, 0.2) is 42.5 Å². The number of aromatic amines is 2. The molecule has 3 heterocycles. The maximum atomic E-state index is 13.2. The van der Waals surface area contributed by atoms with Gasteiger partial charge >= 0.3 is 0 Å². The minimum Gasteiger partial charge on any atom is -0.496 e. The standard InChI is InChI=1S/C22H21N3O3/c1-27-19-7-8-20(28-2)21-14(19)11-18(24-21)22(26)25-10-9-17-15(12-25)13-5-3-4-6-16(13)23-17/h3-8,11,23-24H,9-10,12H2,1-2H3. The summed E-state index contributed by atoms with van der Waals surface area (Å²) in [6.45, 7) is 1.28. The smallest absolute Gasteiger partial charge is 0.270 e. The van der Waals surface area contributed by atoms with Crippen molar-refractivity contribution in [3.05, 3.63) is 59.4 Å². The fourth-order valence-corrected chi connectivity index (χ4v) is 4.14. The van der Waals surface area contributed by atoms with Crippen LogP contribution in [0.4, 0.5) is 0 Å². The number of carbonyl (C=O) groups excluding carboxylic acids is 1. The van der Waals surface area contributed by atoms with Gasteiger partial charge in [-0.25, -0.2) is 0 Å². The van der Waals surface area contributed by atoms with Crippen LogP contribution in [0, 0.1) is 0 Å². The van der Waals surface area contributed by atoms with E-state index in [1.54, 1.807) is 14.2 Å². The lowest BCUT2D eigenvalue weighted by Crippen LogP contribution is -2.35. The molecule has 4 aromatic rings. The zero-order chi connectivity index (χ0) is 19.3. The van der Waals surface area contributed by atoms with Gasteiger partial charge in [0.25, 0.3) is 5.91 Å². The number of nitrogens with one attached hydrogen (secondary N) is 2. The number of aromatic nitrogens is 2. The molecule has 1 aliphatic rings. The van der Waals surface area contributed by atoms with Crippen LogP contribution in [0.3, 0.4) is 0 Å². The quantitative estimate of drug-likeness (QED) is 0.571. The molecule has 0 atom stereocenters. The average Bonchev–Trinajstić information content (AvgIpc) is 3.34. The van der Waals surface area contributed by atoms with Crippen LogP contribution in [-0.4, -0.2) is 41.5 Å². The lowest BCUT2D eigenvalue weighted by molar-refractivity contribution is 0.0730. The van der Waals surface area contributed by atoms with Crippen LogP contribution >= 0.6 is 0 Å². The third kappa shape index (κ3) is 2.45. The van der Waals surface area contributed by atoms with E-state index in [-0.39, 0.29) is 5.91 Å². The molecular formula is C22H21N3O3. The Hall–Kier alpha value is -3.41. The predicted molar refractivity (Wildman–Crippen MR) is 108 cm³/mol. The van der Waals surface area contributed by atoms with E-state index in [0.717, 1.165) is 22.8 Å². The zero-order valence-electron chi connectivity index (χ0n) is 15.8. The van der Waals surface area contributed by atoms with Gasteiger partial charge in [0, 0.05) is 47.1 Å². The highest BCUT2D eigenvalue weighted by Gasteiger charge is 2.26. The van der Waals surface area contributed by atoms with Gasteiger partial charge in [0.05, 0.1) is 19.7 Å². The van der Waals surface area contributed by atoms with Gasteiger partial charge in [0.1, 0.15) is 17.2 Å². The molecule has 0 fully saturated rings. The molecule has 0 bridgehead atoms. The maximum Gasteiger partial charge on any atom is 0.270 e. The minimum absolute atomic E-state index is 0.0174. The third-order valence-corrected chi connectivity index (χ3v) is 5.56. The number of para-hydroxylation sites is 1. The minimum atomic E-state index is -0.0174. The lowest BCUT2D eigenvalue weighted by atomic mass is 10.0. The van der Waals surface area contributed by atoms with Gasteiger partial charge in [-0.2, -0.15) is 0 Å². The molecule has 5 rings (SSSR count). The number of amides is 1. The molecule has 6 nitrogen and oxygen atoms in total. The molecule has 142 valence electrons. The summed E-state index contributed by atoms with van der Waals surface area (Å²) >= 11 is 0. The SMILES string of the molecule is COc1ccc(OC)c2[nH]c(C(=O)N3CCc4[nH]c5ccccc5c4C3)cc12. The number of H-pyrrole nitrogens is 2. The first-order chi connectivity index (χ1) is 13.7. The van der Waals surface area contributed by atoms with Crippen molar-refractivity contribution in [2.75, 3.05) is 20.8 Å². The van der Waals surface area contributed by atoms with Crippen molar-refractivity contribution in [2.24, 2.45) is 0 Å². The first kappa shape index (κ1) is 16.7. The number of hydrogen-bond donors (Lipinski definition) is 2. The van der Waals surface area contributed by atoms with Gasteiger partial charge in [0.15, 0.2) is 0 Å². The molecule has 2 aromatic heterocycles. The molecule has 0 spiro atoms. The summed E-state index contributed by atoms with van der Waals surface area (Å²) in [5.41, 5.74) is 4.88. The number of methoxy groups -OCH3 is 2. The Balaban J connectivity index is 1.52. The van der Waals surface area contributed by atoms with Crippen LogP contribution in [0.5, 0.6) is 11.5 Å². The van der Waals surface area contributed by atoms with Crippen LogP contribution in [0.25, 0.3) is 21.8 Å². The molecule has 28 heavy (non-hydrogen) atoms. The van der Waals surface area contributed by atoms with E-state index >= 15 is 0 Å². The summed E-state index contributed by atoms with van der Waals surface area (Å²) in [6.07, 6.45) is 0.822. The summed E-state index contributed by atoms with van der Waals surface area (Å²) in [4.78, 5) is 21.9. The van der Waals surface area contributed by atoms with E-state index in [9.17, 15) is 4.79 Å². The predicted octanol–water partition coefficient (Wildman–Crippen LogP) is 3.86. The monoisotopic (exact) mass is 375 g/mol. The first-order valence-electron chi connectivity index (χ1n) is 9.31. The van der Waals surface area contributed by atoms with Gasteiger partial charge in [-0.05, 0) is 24.3 Å². The summed E-state index contributed by atoms with van der Waals surface area (Å²) in [5.74, 6) is 1.38. The molecule has 2 aromatic carbocycles. The normalized spacial score (nSPS) is 13.7. The molecule has 0 saturated carbocycles. The van der Waals surface area contributed by atoms with Crippen molar-refractivity contribution in [3.8, 4) is 11.5 Å². The van der Waals surface area contributed by atoms with E-state index < -0.39 is 0 Å². The summed E-state index contributed by atoms with van der Waals surface area (Å²) in [6, 6.07) is 13.8. The highest BCUT2D eigenvalue weighted by Crippen LogP contribution is 2.34. The van der Waals surface area contributed by atoms with Crippen molar-refractivity contribution < 1.29 is 14.3 Å². The fourth-order valence-electron chi connectivity index (χ4n) is 4.14. The first-order valence-corrected chi connectivity index (χ1v) is 9.31. The highest BCUT2D eigenvalue weighted by atomic mass is 16.5. The third-order valence-electron chi connectivity index (χ3n) is 5.56. The van der Waals surface area contributed by atoms with Crippen LogP contribution < -0.4 is 9.47 Å². The van der Waals surface area contributed by atoms with Crippen LogP contribution in [-0.2, 0) is 13.0 Å². The second-order valence-corrected chi connectivity index (χ2v) is 7.05. The molecule has 1 amide bonds. The summed E-state index contributed by atoms with van der Waals surface area (Å²) < 4.78 is 10.9. The van der Waals surface area contributed by atoms with Gasteiger partial charge in [-0.1, -0.05) is 18.2 Å². The number of nitrogens with zero attached hydrogens (tertiary/aromatic N) is 1. The Bertz CT molecular complexity index is 1160. The van der Waals surface area contributed by atoms with Gasteiger partial charge < -0.3 is 24.3 Å². The Kier molecular flexibility index (Phi) is 3.79. The lowest BCUT2D eigenvalue weighted by Gasteiger charge is -2.26. The second kappa shape index (κ2) is 6.34. The number of carbonyl (C=O) groups is 1. The summed E-state index contributed by atoms with van der Waals surface area (Å²) in [5, 5.41) is 2.03. The fraction of sp³-hybridized carbons (Fsp3) is 0.227. The van der Waals surface area contributed by atoms with E-state index in [2.05, 4.69) is 22.1 Å². The van der Waals surface area contributed by atoms with Crippen molar-refractivity contribution in [2.45, 2.75) is 13.0 Å². The molecule has 0 unspecified atom stereocenters. The topological polar surface area (TPSA) is 70.3 Å². The van der Waals surface area contributed by atoms with Gasteiger partial charge in [-0.3, -0.25) is 4.79 Å². The number of fused-ring (bicyclic) bond motifs is 4. The molecule has 0 radical (unpaired) electrons. The number of rotatable bonds is 3. The number of ether oxygens (including phenoxy) is 2. The second-order valence-electron chi connectivity index (χ2n) is 7.05. The van der Waals surface area contributed by atoms with Crippen LogP contribution in [0.1, 0.15) is 21.7 Å². The van der Waals surface area contributed by atoms with E-state index in [1.165, 1.54) is 16.6 Å². The van der Waals surface area contributed by atoms with Crippen molar-refractivity contribution >= 4 is 27.7 Å². The van der Waals surface area contributed by atoms with E-state index in [0.29, 0.717) is 30.3 Å². The number of benzene rings is 2. The number of hydrogen-bond acceptors (Lipinski definition) is 3. The molecule has 0 aliphatic carbocycles. The molecule has 0 saturated heterocycles. The molecule has 1 aliphatic heterocycles. The zero-order valence-corrected chi connectivity index (χ0v) is 15.8.